The molecule has 0 saturated heterocycles. The van der Waals surface area contributed by atoms with Crippen LogP contribution in [0.2, 0.25) is 5.02 Å². The van der Waals surface area contributed by atoms with Gasteiger partial charge in [-0.15, -0.1) is 0 Å². The molecule has 0 spiro atoms. The summed E-state index contributed by atoms with van der Waals surface area (Å²) in [5.74, 6) is 0.197. The largest absolute Gasteiger partial charge is 0.497 e. The predicted molar refractivity (Wildman–Crippen MR) is 167 cm³/mol. The molecule has 8 nitrogen and oxygen atoms in total. The Morgan fingerprint density at radius 3 is 2.47 bits per heavy atom. The summed E-state index contributed by atoms with van der Waals surface area (Å²) in [5.41, 5.74) is 4.27. The van der Waals surface area contributed by atoms with Gasteiger partial charge in [0.1, 0.15) is 17.5 Å². The predicted octanol–water partition coefficient (Wildman–Crippen LogP) is 5.31. The summed E-state index contributed by atoms with van der Waals surface area (Å²) in [6.07, 6.45) is 3.72. The van der Waals surface area contributed by atoms with Crippen LogP contribution in [0.3, 0.4) is 0 Å². The van der Waals surface area contributed by atoms with Crippen LogP contribution < -0.4 is 19.6 Å². The third-order valence-electron chi connectivity index (χ3n) is 7.13. The fraction of sp³-hybridized carbons (Fsp3) is 0.152. The van der Waals surface area contributed by atoms with Crippen LogP contribution in [0.15, 0.2) is 106 Å². The second-order valence-corrected chi connectivity index (χ2v) is 11.2. The zero-order valence-electron chi connectivity index (χ0n) is 23.7. The van der Waals surface area contributed by atoms with Crippen LogP contribution in [0.5, 0.6) is 5.75 Å². The van der Waals surface area contributed by atoms with Crippen molar-refractivity contribution in [2.75, 3.05) is 13.7 Å². The number of halogens is 1. The quantitative estimate of drug-likeness (QED) is 0.233. The van der Waals surface area contributed by atoms with Crippen LogP contribution in [-0.2, 0) is 9.53 Å². The van der Waals surface area contributed by atoms with Crippen molar-refractivity contribution < 1.29 is 14.3 Å². The molecule has 216 valence electrons. The molecular formula is C33H27ClN4O4S. The first-order valence-electron chi connectivity index (χ1n) is 13.6. The summed E-state index contributed by atoms with van der Waals surface area (Å²) >= 11 is 7.88. The Hall–Kier alpha value is -4.73. The molecule has 3 heterocycles. The van der Waals surface area contributed by atoms with Crippen molar-refractivity contribution in [3.8, 4) is 22.7 Å². The normalized spacial score (nSPS) is 14.8. The van der Waals surface area contributed by atoms with Crippen molar-refractivity contribution in [1.82, 2.24) is 14.3 Å². The molecule has 3 aromatic carbocycles. The maximum Gasteiger partial charge on any atom is 0.338 e. The fourth-order valence-corrected chi connectivity index (χ4v) is 6.38. The maximum atomic E-state index is 14.2. The molecule has 0 aliphatic carbocycles. The van der Waals surface area contributed by atoms with Gasteiger partial charge in [-0.1, -0.05) is 59.3 Å². The van der Waals surface area contributed by atoms with Gasteiger partial charge in [0.25, 0.3) is 5.56 Å². The van der Waals surface area contributed by atoms with Crippen LogP contribution in [-0.4, -0.2) is 34.0 Å². The number of hydrogen-bond donors (Lipinski definition) is 0. The minimum Gasteiger partial charge on any atom is -0.497 e. The minimum absolute atomic E-state index is 0.189. The molecule has 0 amide bonds. The van der Waals surface area contributed by atoms with Crippen LogP contribution >= 0.6 is 22.9 Å². The van der Waals surface area contributed by atoms with E-state index in [1.54, 1.807) is 37.8 Å². The number of aromatic nitrogens is 3. The number of carbonyl (C=O) groups is 1. The molecule has 1 atom stereocenters. The van der Waals surface area contributed by atoms with E-state index in [-0.39, 0.29) is 17.7 Å². The number of methoxy groups -OCH3 is 1. The maximum absolute atomic E-state index is 14.2. The van der Waals surface area contributed by atoms with Crippen molar-refractivity contribution >= 4 is 35.0 Å². The molecule has 10 heteroatoms. The van der Waals surface area contributed by atoms with Gasteiger partial charge in [0.05, 0.1) is 35.2 Å². The van der Waals surface area contributed by atoms with E-state index in [1.807, 2.05) is 79.0 Å². The van der Waals surface area contributed by atoms with E-state index in [9.17, 15) is 9.59 Å². The molecule has 1 aliphatic rings. The highest BCUT2D eigenvalue weighted by Crippen LogP contribution is 2.34. The third kappa shape index (κ3) is 5.33. The number of benzene rings is 3. The van der Waals surface area contributed by atoms with E-state index in [1.165, 1.54) is 15.9 Å². The molecule has 1 aliphatic heterocycles. The Bertz CT molecular complexity index is 2040. The first-order chi connectivity index (χ1) is 20.9. The lowest BCUT2D eigenvalue weighted by Gasteiger charge is -2.25. The second-order valence-electron chi connectivity index (χ2n) is 9.77. The molecule has 2 aromatic heterocycles. The fourth-order valence-electron chi connectivity index (χ4n) is 5.10. The molecule has 0 radical (unpaired) electrons. The smallest absolute Gasteiger partial charge is 0.338 e. The van der Waals surface area contributed by atoms with Gasteiger partial charge in [-0.2, -0.15) is 5.10 Å². The average Bonchev–Trinajstić information content (AvgIpc) is 3.58. The Labute approximate surface area is 256 Å². The minimum atomic E-state index is -0.792. The molecule has 0 fully saturated rings. The highest BCUT2D eigenvalue weighted by molar-refractivity contribution is 7.07. The Morgan fingerprint density at radius 1 is 1.05 bits per heavy atom. The summed E-state index contributed by atoms with van der Waals surface area (Å²) in [6.45, 7) is 3.68. The van der Waals surface area contributed by atoms with Crippen molar-refractivity contribution in [3.05, 3.63) is 132 Å². The molecule has 43 heavy (non-hydrogen) atoms. The number of esters is 1. The number of allylic oxidation sites excluding steroid dienone is 1. The standard InChI is InChI=1S/C33H27ClN4O4S/c1-4-42-32(40)28-20(2)35-33-38(30(28)25-12-8-9-13-26(25)34)31(39)27(43-33)18-22-19-37(23-10-6-5-7-11-23)36-29(22)21-14-16-24(41-3)17-15-21/h5-19,30H,4H2,1-3H3/b27-18+. The SMILES string of the molecule is CCOC(=O)C1=C(C)N=c2s/c(=C/c3cn(-c4ccccc4)nc3-c3ccc(OC)cc3)c(=O)n2C1c1ccccc1Cl. The summed E-state index contributed by atoms with van der Waals surface area (Å²) in [6, 6.07) is 23.8. The number of para-hydroxylation sites is 1. The number of carbonyl (C=O) groups excluding carboxylic acids is 1. The molecule has 5 aromatic rings. The van der Waals surface area contributed by atoms with E-state index in [0.717, 1.165) is 22.6 Å². The number of ether oxygens (including phenoxy) is 2. The van der Waals surface area contributed by atoms with Gasteiger partial charge in [-0.3, -0.25) is 9.36 Å². The summed E-state index contributed by atoms with van der Waals surface area (Å²) in [7, 11) is 1.62. The van der Waals surface area contributed by atoms with Gasteiger partial charge in [-0.05, 0) is 68.0 Å². The molecule has 0 N–H and O–H groups in total. The van der Waals surface area contributed by atoms with Crippen molar-refractivity contribution in [2.45, 2.75) is 19.9 Å². The lowest BCUT2D eigenvalue weighted by atomic mass is 9.96. The number of thiazole rings is 1. The van der Waals surface area contributed by atoms with Crippen molar-refractivity contribution in [3.63, 3.8) is 0 Å². The third-order valence-corrected chi connectivity index (χ3v) is 8.46. The number of rotatable bonds is 7. The molecular weight excluding hydrogens is 584 g/mol. The van der Waals surface area contributed by atoms with Gasteiger partial charge < -0.3 is 9.47 Å². The van der Waals surface area contributed by atoms with Crippen LogP contribution in [0, 0.1) is 0 Å². The summed E-state index contributed by atoms with van der Waals surface area (Å²) in [4.78, 5) is 32.5. The molecule has 0 bridgehead atoms. The monoisotopic (exact) mass is 610 g/mol. The van der Waals surface area contributed by atoms with Crippen LogP contribution in [0.25, 0.3) is 23.0 Å². The Morgan fingerprint density at radius 2 is 1.77 bits per heavy atom. The van der Waals surface area contributed by atoms with Crippen LogP contribution in [0.4, 0.5) is 0 Å². The van der Waals surface area contributed by atoms with E-state index >= 15 is 0 Å². The van der Waals surface area contributed by atoms with Crippen LogP contribution in [0.1, 0.15) is 31.0 Å². The topological polar surface area (TPSA) is 87.7 Å². The number of fused-ring (bicyclic) bond motifs is 1. The lowest BCUT2D eigenvalue weighted by Crippen LogP contribution is -2.40. The molecule has 6 rings (SSSR count). The van der Waals surface area contributed by atoms with E-state index in [4.69, 9.17) is 26.2 Å². The second kappa shape index (κ2) is 11.9. The van der Waals surface area contributed by atoms with E-state index < -0.39 is 12.0 Å². The van der Waals surface area contributed by atoms with Gasteiger partial charge in [-0.25, -0.2) is 14.5 Å². The van der Waals surface area contributed by atoms with Gasteiger partial charge in [0.15, 0.2) is 4.80 Å². The zero-order chi connectivity index (χ0) is 30.1. The zero-order valence-corrected chi connectivity index (χ0v) is 25.2. The van der Waals surface area contributed by atoms with Crippen molar-refractivity contribution in [2.24, 2.45) is 4.99 Å². The van der Waals surface area contributed by atoms with Gasteiger partial charge in [0.2, 0.25) is 0 Å². The lowest BCUT2D eigenvalue weighted by molar-refractivity contribution is -0.139. The Kier molecular flexibility index (Phi) is 7.84. The highest BCUT2D eigenvalue weighted by atomic mass is 35.5. The van der Waals surface area contributed by atoms with Gasteiger partial charge >= 0.3 is 5.97 Å². The van der Waals surface area contributed by atoms with E-state index in [0.29, 0.717) is 31.3 Å². The van der Waals surface area contributed by atoms with E-state index in [2.05, 4.69) is 4.99 Å². The summed E-state index contributed by atoms with van der Waals surface area (Å²) in [5, 5.41) is 5.32. The average molecular weight is 611 g/mol. The molecule has 1 unspecified atom stereocenters. The first kappa shape index (κ1) is 28.4. The first-order valence-corrected chi connectivity index (χ1v) is 14.8. The Balaban J connectivity index is 1.56. The summed E-state index contributed by atoms with van der Waals surface area (Å²) < 4.78 is 14.5. The van der Waals surface area contributed by atoms with Crippen molar-refractivity contribution in [1.29, 1.82) is 0 Å². The number of hydrogen-bond acceptors (Lipinski definition) is 7. The highest BCUT2D eigenvalue weighted by Gasteiger charge is 2.34. The van der Waals surface area contributed by atoms with Gasteiger partial charge in [0, 0.05) is 22.3 Å². The number of nitrogens with zero attached hydrogens (tertiary/aromatic N) is 4. The molecule has 0 saturated carbocycles.